The Morgan fingerprint density at radius 2 is 1.80 bits per heavy atom. The predicted molar refractivity (Wildman–Crippen MR) is 132 cm³/mol. The summed E-state index contributed by atoms with van der Waals surface area (Å²) in [6, 6.07) is 16.5. The number of ether oxygens (including phenoxy) is 1. The molecule has 2 heterocycles. The molecule has 2 atom stereocenters. The highest BCUT2D eigenvalue weighted by Gasteiger charge is 2.44. The zero-order chi connectivity index (χ0) is 24.3. The second kappa shape index (κ2) is 10.5. The minimum absolute atomic E-state index is 0.259. The van der Waals surface area contributed by atoms with Crippen molar-refractivity contribution in [1.29, 1.82) is 0 Å². The molecule has 2 aromatic carbocycles. The maximum absolute atomic E-state index is 13.7. The molecule has 2 aliphatic rings. The minimum Gasteiger partial charge on any atom is -0.497 e. The average molecular weight is 496 g/mol. The van der Waals surface area contributed by atoms with Crippen molar-refractivity contribution in [2.75, 3.05) is 13.7 Å². The molecule has 2 fully saturated rings. The molecule has 1 aliphatic carbocycles. The molecule has 1 saturated carbocycles. The summed E-state index contributed by atoms with van der Waals surface area (Å²) in [4.78, 5) is 4.91. The molecular formula is C27H33N3O4S. The molecule has 5 rings (SSSR count). The van der Waals surface area contributed by atoms with Gasteiger partial charge in [-0.05, 0) is 67.3 Å². The third kappa shape index (κ3) is 5.43. The van der Waals surface area contributed by atoms with E-state index >= 15 is 0 Å². The van der Waals surface area contributed by atoms with E-state index in [4.69, 9.17) is 9.26 Å². The van der Waals surface area contributed by atoms with Crippen LogP contribution in [0.5, 0.6) is 5.75 Å². The lowest BCUT2D eigenvalue weighted by Crippen LogP contribution is -2.31. The largest absolute Gasteiger partial charge is 0.497 e. The number of nitrogens with zero attached hydrogens (tertiary/aromatic N) is 3. The van der Waals surface area contributed by atoms with Crippen molar-refractivity contribution in [3.8, 4) is 5.75 Å². The van der Waals surface area contributed by atoms with Gasteiger partial charge in [0.05, 0.1) is 12.0 Å². The second-order valence-electron chi connectivity index (χ2n) is 9.79. The first kappa shape index (κ1) is 24.0. The van der Waals surface area contributed by atoms with E-state index in [1.807, 2.05) is 18.2 Å². The van der Waals surface area contributed by atoms with Gasteiger partial charge in [-0.15, -0.1) is 0 Å². The maximum Gasteiger partial charge on any atom is 0.245 e. The summed E-state index contributed by atoms with van der Waals surface area (Å²) in [6.45, 7) is 0.487. The van der Waals surface area contributed by atoms with Crippen LogP contribution in [0, 0.1) is 11.8 Å². The van der Waals surface area contributed by atoms with Crippen LogP contribution in [0.3, 0.4) is 0 Å². The summed E-state index contributed by atoms with van der Waals surface area (Å²) < 4.78 is 39.8. The average Bonchev–Trinajstić information content (AvgIpc) is 3.50. The molecule has 1 aromatic heterocycles. The van der Waals surface area contributed by atoms with Crippen LogP contribution in [0.1, 0.15) is 61.8 Å². The number of methoxy groups -OCH3 is 1. The second-order valence-corrected chi connectivity index (χ2v) is 11.7. The third-order valence-electron chi connectivity index (χ3n) is 7.38. The first-order valence-electron chi connectivity index (χ1n) is 12.5. The Balaban J connectivity index is 1.32. The zero-order valence-corrected chi connectivity index (χ0v) is 21.0. The van der Waals surface area contributed by atoms with Crippen molar-refractivity contribution in [3.63, 3.8) is 0 Å². The van der Waals surface area contributed by atoms with E-state index in [0.29, 0.717) is 42.3 Å². The Kier molecular flexibility index (Phi) is 7.20. The number of sulfonamides is 1. The summed E-state index contributed by atoms with van der Waals surface area (Å²) in [7, 11) is -2.14. The smallest absolute Gasteiger partial charge is 0.245 e. The molecule has 3 aromatic rings. The van der Waals surface area contributed by atoms with Crippen molar-refractivity contribution in [2.24, 2.45) is 11.8 Å². The van der Waals surface area contributed by atoms with E-state index in [-0.39, 0.29) is 4.90 Å². The monoisotopic (exact) mass is 495 g/mol. The van der Waals surface area contributed by atoms with Crippen LogP contribution in [0.15, 0.2) is 64.0 Å². The number of benzene rings is 2. The van der Waals surface area contributed by atoms with Crippen molar-refractivity contribution in [3.05, 3.63) is 71.9 Å². The first-order valence-corrected chi connectivity index (χ1v) is 14.0. The summed E-state index contributed by atoms with van der Waals surface area (Å²) in [5.41, 5.74) is 1.28. The molecule has 2 unspecified atom stereocenters. The molecule has 1 aliphatic heterocycles. The number of hydrogen-bond acceptors (Lipinski definition) is 6. The van der Waals surface area contributed by atoms with Gasteiger partial charge < -0.3 is 9.26 Å². The molecule has 0 radical (unpaired) electrons. The summed E-state index contributed by atoms with van der Waals surface area (Å²) in [5.74, 6) is 2.68. The number of rotatable bonds is 10. The Labute approximate surface area is 207 Å². The summed E-state index contributed by atoms with van der Waals surface area (Å²) in [6.07, 6.45) is 8.10. The van der Waals surface area contributed by atoms with Gasteiger partial charge in [0.1, 0.15) is 11.8 Å². The van der Waals surface area contributed by atoms with Gasteiger partial charge in [0.25, 0.3) is 0 Å². The molecule has 8 heteroatoms. The fourth-order valence-corrected chi connectivity index (χ4v) is 6.90. The van der Waals surface area contributed by atoms with Gasteiger partial charge in [-0.2, -0.15) is 9.29 Å². The fraction of sp³-hybridized carbons (Fsp3) is 0.481. The number of aromatic nitrogens is 2. The molecule has 1 saturated heterocycles. The molecule has 0 spiro atoms. The van der Waals surface area contributed by atoms with Crippen molar-refractivity contribution >= 4 is 10.0 Å². The molecule has 186 valence electrons. The summed E-state index contributed by atoms with van der Waals surface area (Å²) in [5, 5.41) is 4.19. The lowest BCUT2D eigenvalue weighted by atomic mass is 9.78. The van der Waals surface area contributed by atoms with Gasteiger partial charge >= 0.3 is 0 Å². The van der Waals surface area contributed by atoms with Gasteiger partial charge in [0.15, 0.2) is 5.82 Å². The van der Waals surface area contributed by atoms with Crippen LogP contribution in [-0.2, 0) is 22.9 Å². The lowest BCUT2D eigenvalue weighted by molar-refractivity contribution is 0.252. The van der Waals surface area contributed by atoms with E-state index in [2.05, 4.69) is 22.3 Å². The standard InChI is InChI=1S/C27H33N3O4S/c1-33-23-13-15-24(16-14-23)35(31,32)30-19-22(17-21-10-5-11-21)18-25(30)27-28-26(29-34-27)12-6-9-20-7-3-2-4-8-20/h2-4,7-8,13-16,21-22,25H,5-6,9-12,17-19H2,1H3. The molecular weight excluding hydrogens is 462 g/mol. The third-order valence-corrected chi connectivity index (χ3v) is 9.27. The van der Waals surface area contributed by atoms with Crippen LogP contribution >= 0.6 is 0 Å². The Morgan fingerprint density at radius 1 is 1.03 bits per heavy atom. The molecule has 7 nitrogen and oxygen atoms in total. The van der Waals surface area contributed by atoms with E-state index in [9.17, 15) is 8.42 Å². The topological polar surface area (TPSA) is 85.5 Å². The van der Waals surface area contributed by atoms with Crippen molar-refractivity contribution in [2.45, 2.75) is 62.3 Å². The highest BCUT2D eigenvalue weighted by molar-refractivity contribution is 7.89. The molecule has 35 heavy (non-hydrogen) atoms. The van der Waals surface area contributed by atoms with E-state index < -0.39 is 16.1 Å². The highest BCUT2D eigenvalue weighted by atomic mass is 32.2. The number of hydrogen-bond donors (Lipinski definition) is 0. The highest BCUT2D eigenvalue weighted by Crippen LogP contribution is 2.43. The van der Waals surface area contributed by atoms with Gasteiger partial charge in [0, 0.05) is 13.0 Å². The Bertz CT molecular complexity index is 1210. The van der Waals surface area contributed by atoms with Crippen LogP contribution < -0.4 is 4.74 Å². The van der Waals surface area contributed by atoms with E-state index in [0.717, 1.165) is 25.7 Å². The first-order chi connectivity index (χ1) is 17.0. The normalized spacial score (nSPS) is 21.2. The van der Waals surface area contributed by atoms with E-state index in [1.54, 1.807) is 35.7 Å². The SMILES string of the molecule is COc1ccc(S(=O)(=O)N2CC(CC3CCC3)CC2c2nc(CCCc3ccccc3)no2)cc1. The lowest BCUT2D eigenvalue weighted by Gasteiger charge is -2.27. The Hall–Kier alpha value is -2.71. The predicted octanol–water partition coefficient (Wildman–Crippen LogP) is 5.20. The zero-order valence-electron chi connectivity index (χ0n) is 20.2. The van der Waals surface area contributed by atoms with Crippen LogP contribution in [0.2, 0.25) is 0 Å². The van der Waals surface area contributed by atoms with Crippen molar-refractivity contribution < 1.29 is 17.7 Å². The van der Waals surface area contributed by atoms with E-state index in [1.165, 1.54) is 24.8 Å². The van der Waals surface area contributed by atoms with Gasteiger partial charge in [0.2, 0.25) is 15.9 Å². The van der Waals surface area contributed by atoms with Gasteiger partial charge in [-0.1, -0.05) is 54.8 Å². The maximum atomic E-state index is 13.7. The molecule has 0 bridgehead atoms. The van der Waals surface area contributed by atoms with Gasteiger partial charge in [-0.25, -0.2) is 8.42 Å². The fourth-order valence-electron chi connectivity index (χ4n) is 5.23. The van der Waals surface area contributed by atoms with Crippen LogP contribution in [0.25, 0.3) is 0 Å². The van der Waals surface area contributed by atoms with Gasteiger partial charge in [-0.3, -0.25) is 0 Å². The summed E-state index contributed by atoms with van der Waals surface area (Å²) >= 11 is 0. The van der Waals surface area contributed by atoms with Crippen LogP contribution in [-0.4, -0.2) is 36.5 Å². The quantitative estimate of drug-likeness (QED) is 0.385. The molecule has 0 amide bonds. The molecule has 0 N–H and O–H groups in total. The van der Waals surface area contributed by atoms with Crippen LogP contribution in [0.4, 0.5) is 0 Å². The minimum atomic E-state index is -3.71. The number of aryl methyl sites for hydroxylation is 2. The van der Waals surface area contributed by atoms with Crippen molar-refractivity contribution in [1.82, 2.24) is 14.4 Å². The Morgan fingerprint density at radius 3 is 2.49 bits per heavy atom.